The third-order valence-corrected chi connectivity index (χ3v) is 4.73. The van der Waals surface area contributed by atoms with Crippen LogP contribution < -0.4 is 15.0 Å². The molecule has 6 heteroatoms. The van der Waals surface area contributed by atoms with Gasteiger partial charge in [-0.15, -0.1) is 0 Å². The first kappa shape index (κ1) is 15.7. The van der Waals surface area contributed by atoms with Crippen molar-refractivity contribution in [1.82, 2.24) is 9.47 Å². The predicted octanol–water partition coefficient (Wildman–Crippen LogP) is 1.98. The Morgan fingerprint density at radius 1 is 1.12 bits per heavy atom. The summed E-state index contributed by atoms with van der Waals surface area (Å²) in [4.78, 5) is 26.5. The Hall–Kier alpha value is -2.76. The highest BCUT2D eigenvalue weighted by Gasteiger charge is 2.30. The van der Waals surface area contributed by atoms with E-state index in [4.69, 9.17) is 9.47 Å². The molecule has 2 aromatic rings. The first-order chi connectivity index (χ1) is 12.2. The second-order valence-electron chi connectivity index (χ2n) is 6.32. The molecule has 0 radical (unpaired) electrons. The molecule has 4 rings (SSSR count). The predicted molar refractivity (Wildman–Crippen MR) is 91.8 cm³/mol. The Labute approximate surface area is 145 Å². The van der Waals surface area contributed by atoms with Crippen LogP contribution in [-0.4, -0.2) is 35.1 Å². The Kier molecular flexibility index (Phi) is 4.17. The first-order valence-electron chi connectivity index (χ1n) is 8.57. The van der Waals surface area contributed by atoms with Gasteiger partial charge in [0, 0.05) is 18.8 Å². The highest BCUT2D eigenvalue weighted by atomic mass is 16.6. The summed E-state index contributed by atoms with van der Waals surface area (Å²) < 4.78 is 12.7. The van der Waals surface area contributed by atoms with E-state index in [0.29, 0.717) is 19.8 Å². The summed E-state index contributed by atoms with van der Waals surface area (Å²) in [6, 6.07) is 10.8. The molecule has 2 aliphatic heterocycles. The van der Waals surface area contributed by atoms with Crippen LogP contribution in [0.3, 0.4) is 0 Å². The highest BCUT2D eigenvalue weighted by Crippen LogP contribution is 2.38. The van der Waals surface area contributed by atoms with Crippen molar-refractivity contribution < 1.29 is 14.3 Å². The van der Waals surface area contributed by atoms with E-state index in [1.807, 2.05) is 23.1 Å². The molecule has 0 unspecified atom stereocenters. The number of ether oxygens (including phenoxy) is 2. The average molecular weight is 340 g/mol. The van der Waals surface area contributed by atoms with Crippen molar-refractivity contribution in [1.29, 1.82) is 0 Å². The maximum absolute atomic E-state index is 12.7. The summed E-state index contributed by atoms with van der Waals surface area (Å²) >= 11 is 0. The fourth-order valence-electron chi connectivity index (χ4n) is 3.51. The van der Waals surface area contributed by atoms with Crippen molar-refractivity contribution in [2.45, 2.75) is 25.4 Å². The standard InChI is InChI=1S/C19H20N2O4/c22-18-5-1-2-8-20(18)13-19(23)21-9-3-4-15(21)14-6-7-16-17(12-14)25-11-10-24-16/h1-2,5-8,12,15H,3-4,9-11,13H2/t15-/m1/s1. The summed E-state index contributed by atoms with van der Waals surface area (Å²) in [7, 11) is 0. The molecular weight excluding hydrogens is 320 g/mol. The number of carbonyl (C=O) groups excluding carboxylic acids is 1. The van der Waals surface area contributed by atoms with Gasteiger partial charge < -0.3 is 18.9 Å². The minimum atomic E-state index is -0.161. The van der Waals surface area contributed by atoms with Crippen LogP contribution in [0.4, 0.5) is 0 Å². The maximum Gasteiger partial charge on any atom is 0.250 e. The molecular formula is C19H20N2O4. The summed E-state index contributed by atoms with van der Waals surface area (Å²) in [5.41, 5.74) is 0.890. The molecule has 1 atom stereocenters. The van der Waals surface area contributed by atoms with E-state index in [0.717, 1.165) is 29.9 Å². The monoisotopic (exact) mass is 340 g/mol. The van der Waals surface area contributed by atoms with Crippen LogP contribution in [-0.2, 0) is 11.3 Å². The molecule has 130 valence electrons. The van der Waals surface area contributed by atoms with Crippen molar-refractivity contribution in [2.24, 2.45) is 0 Å². The molecule has 1 aromatic carbocycles. The summed E-state index contributed by atoms with van der Waals surface area (Å²) in [6.45, 7) is 1.88. The highest BCUT2D eigenvalue weighted by molar-refractivity contribution is 5.77. The third-order valence-electron chi connectivity index (χ3n) is 4.73. The second-order valence-corrected chi connectivity index (χ2v) is 6.32. The minimum Gasteiger partial charge on any atom is -0.486 e. The van der Waals surface area contributed by atoms with Crippen molar-refractivity contribution in [3.63, 3.8) is 0 Å². The second kappa shape index (κ2) is 6.63. The molecule has 1 amide bonds. The van der Waals surface area contributed by atoms with Crippen LogP contribution in [0.2, 0.25) is 0 Å². The van der Waals surface area contributed by atoms with E-state index >= 15 is 0 Å². The molecule has 6 nitrogen and oxygen atoms in total. The third kappa shape index (κ3) is 3.12. The molecule has 0 saturated carbocycles. The first-order valence-corrected chi connectivity index (χ1v) is 8.57. The molecule has 1 saturated heterocycles. The van der Waals surface area contributed by atoms with E-state index in [-0.39, 0.29) is 24.1 Å². The Bertz CT molecular complexity index is 845. The number of benzene rings is 1. The van der Waals surface area contributed by atoms with Gasteiger partial charge in [0.25, 0.3) is 5.56 Å². The lowest BCUT2D eigenvalue weighted by molar-refractivity contribution is -0.132. The quantitative estimate of drug-likeness (QED) is 0.857. The van der Waals surface area contributed by atoms with Gasteiger partial charge in [-0.25, -0.2) is 0 Å². The molecule has 0 aliphatic carbocycles. The molecule has 25 heavy (non-hydrogen) atoms. The fourth-order valence-corrected chi connectivity index (χ4v) is 3.51. The lowest BCUT2D eigenvalue weighted by Crippen LogP contribution is -2.35. The van der Waals surface area contributed by atoms with E-state index in [1.54, 1.807) is 18.3 Å². The van der Waals surface area contributed by atoms with Gasteiger partial charge in [-0.2, -0.15) is 0 Å². The molecule has 2 aliphatic rings. The van der Waals surface area contributed by atoms with Crippen LogP contribution in [0, 0.1) is 0 Å². The summed E-state index contributed by atoms with van der Waals surface area (Å²) in [6.07, 6.45) is 3.51. The van der Waals surface area contributed by atoms with Crippen molar-refractivity contribution >= 4 is 5.91 Å². The molecule has 0 bridgehead atoms. The zero-order valence-electron chi connectivity index (χ0n) is 13.9. The normalized spacial score (nSPS) is 19.0. The Morgan fingerprint density at radius 3 is 2.80 bits per heavy atom. The van der Waals surface area contributed by atoms with Gasteiger partial charge >= 0.3 is 0 Å². The number of pyridine rings is 1. The number of rotatable bonds is 3. The van der Waals surface area contributed by atoms with E-state index in [9.17, 15) is 9.59 Å². The Morgan fingerprint density at radius 2 is 1.96 bits per heavy atom. The van der Waals surface area contributed by atoms with Crippen molar-refractivity contribution in [2.75, 3.05) is 19.8 Å². The molecule has 0 spiro atoms. The van der Waals surface area contributed by atoms with E-state index in [2.05, 4.69) is 0 Å². The number of aromatic nitrogens is 1. The number of nitrogens with zero attached hydrogens (tertiary/aromatic N) is 2. The largest absolute Gasteiger partial charge is 0.486 e. The van der Waals surface area contributed by atoms with Crippen LogP contribution in [0.15, 0.2) is 47.4 Å². The number of hydrogen-bond donors (Lipinski definition) is 0. The lowest BCUT2D eigenvalue weighted by atomic mass is 10.0. The molecule has 1 fully saturated rings. The van der Waals surface area contributed by atoms with Crippen LogP contribution >= 0.6 is 0 Å². The maximum atomic E-state index is 12.7. The van der Waals surface area contributed by atoms with Gasteiger partial charge in [0.1, 0.15) is 19.8 Å². The Balaban J connectivity index is 1.55. The number of fused-ring (bicyclic) bond motifs is 1. The number of hydrogen-bond acceptors (Lipinski definition) is 4. The van der Waals surface area contributed by atoms with Gasteiger partial charge in [-0.05, 0) is 36.6 Å². The van der Waals surface area contributed by atoms with Gasteiger partial charge in [-0.3, -0.25) is 9.59 Å². The van der Waals surface area contributed by atoms with Gasteiger partial charge in [0.05, 0.1) is 6.04 Å². The summed E-state index contributed by atoms with van der Waals surface area (Å²) in [5, 5.41) is 0. The SMILES string of the molecule is O=C(Cn1ccccc1=O)N1CCC[C@@H]1c1ccc2c(c1)OCCO2. The van der Waals surface area contributed by atoms with E-state index < -0.39 is 0 Å². The topological polar surface area (TPSA) is 60.8 Å². The average Bonchev–Trinajstić information content (AvgIpc) is 3.13. The lowest BCUT2D eigenvalue weighted by Gasteiger charge is -2.27. The zero-order valence-corrected chi connectivity index (χ0v) is 13.9. The summed E-state index contributed by atoms with van der Waals surface area (Å²) in [5.74, 6) is 1.45. The minimum absolute atomic E-state index is 0.0164. The number of amides is 1. The fraction of sp³-hybridized carbons (Fsp3) is 0.368. The smallest absolute Gasteiger partial charge is 0.250 e. The van der Waals surface area contributed by atoms with Gasteiger partial charge in [-0.1, -0.05) is 12.1 Å². The van der Waals surface area contributed by atoms with Crippen molar-refractivity contribution in [3.8, 4) is 11.5 Å². The van der Waals surface area contributed by atoms with Gasteiger partial charge in [0.15, 0.2) is 11.5 Å². The van der Waals surface area contributed by atoms with Crippen LogP contribution in [0.25, 0.3) is 0 Å². The van der Waals surface area contributed by atoms with Gasteiger partial charge in [0.2, 0.25) is 5.91 Å². The number of carbonyl (C=O) groups is 1. The molecule has 1 aromatic heterocycles. The van der Waals surface area contributed by atoms with E-state index in [1.165, 1.54) is 10.6 Å². The molecule has 3 heterocycles. The number of likely N-dealkylation sites (tertiary alicyclic amines) is 1. The zero-order chi connectivity index (χ0) is 17.2. The van der Waals surface area contributed by atoms with Crippen LogP contribution in [0.5, 0.6) is 11.5 Å². The molecule has 0 N–H and O–H groups in total. The van der Waals surface area contributed by atoms with Crippen molar-refractivity contribution in [3.05, 3.63) is 58.5 Å². The van der Waals surface area contributed by atoms with Crippen LogP contribution in [0.1, 0.15) is 24.4 Å².